The van der Waals surface area contributed by atoms with Crippen LogP contribution < -0.4 is 0 Å². The number of pyridine rings is 2. The molecular formula is C14H12ClN3. The molecule has 4 heteroatoms. The van der Waals surface area contributed by atoms with Crippen LogP contribution in [0.15, 0.2) is 30.7 Å². The van der Waals surface area contributed by atoms with E-state index in [1.165, 1.54) is 0 Å². The number of rotatable bonds is 2. The maximum absolute atomic E-state index is 9.28. The Morgan fingerprint density at radius 1 is 1.28 bits per heavy atom. The molecule has 0 saturated carbocycles. The lowest BCUT2D eigenvalue weighted by Crippen LogP contribution is -1.99. The molecule has 3 nitrogen and oxygen atoms in total. The molecule has 0 aliphatic heterocycles. The summed E-state index contributed by atoms with van der Waals surface area (Å²) in [4.78, 5) is 8.08. The van der Waals surface area contributed by atoms with Gasteiger partial charge >= 0.3 is 0 Å². The highest BCUT2D eigenvalue weighted by molar-refractivity contribution is 6.31. The number of halogens is 1. The van der Waals surface area contributed by atoms with E-state index in [9.17, 15) is 5.26 Å². The summed E-state index contributed by atoms with van der Waals surface area (Å²) in [5.41, 5.74) is 3.24. The zero-order valence-electron chi connectivity index (χ0n) is 10.2. The minimum absolute atomic E-state index is 0.244. The van der Waals surface area contributed by atoms with Gasteiger partial charge in [0.2, 0.25) is 0 Å². The van der Waals surface area contributed by atoms with E-state index in [1.54, 1.807) is 18.6 Å². The Balaban J connectivity index is 2.78. The number of hydrogen-bond donors (Lipinski definition) is 0. The zero-order chi connectivity index (χ0) is 13.1. The third-order valence-electron chi connectivity index (χ3n) is 2.76. The summed E-state index contributed by atoms with van der Waals surface area (Å²) in [6, 6.07) is 5.89. The third kappa shape index (κ3) is 2.20. The SMILES string of the molecule is CC(C)c1cnc(Cl)c(C#N)c1-c1ccncc1. The van der Waals surface area contributed by atoms with Gasteiger partial charge in [0.1, 0.15) is 11.2 Å². The van der Waals surface area contributed by atoms with Gasteiger partial charge in [0.15, 0.2) is 0 Å². The second-order valence-electron chi connectivity index (χ2n) is 4.26. The van der Waals surface area contributed by atoms with E-state index in [4.69, 9.17) is 11.6 Å². The quantitative estimate of drug-likeness (QED) is 0.769. The molecule has 0 bridgehead atoms. The van der Waals surface area contributed by atoms with Crippen LogP contribution in [-0.4, -0.2) is 9.97 Å². The monoisotopic (exact) mass is 257 g/mol. The molecule has 0 aromatic carbocycles. The minimum atomic E-state index is 0.244. The van der Waals surface area contributed by atoms with Crippen molar-refractivity contribution >= 4 is 11.6 Å². The summed E-state index contributed by atoms with van der Waals surface area (Å²) < 4.78 is 0. The molecular weight excluding hydrogens is 246 g/mol. The Labute approximate surface area is 111 Å². The maximum atomic E-state index is 9.28. The molecule has 0 fully saturated rings. The standard InChI is InChI=1S/C14H12ClN3/c1-9(2)12-8-18-14(15)11(7-16)13(12)10-3-5-17-6-4-10/h3-6,8-9H,1-2H3. The summed E-state index contributed by atoms with van der Waals surface area (Å²) in [5.74, 6) is 0.269. The highest BCUT2D eigenvalue weighted by Gasteiger charge is 2.17. The Morgan fingerprint density at radius 3 is 2.50 bits per heavy atom. The van der Waals surface area contributed by atoms with Crippen LogP contribution >= 0.6 is 11.6 Å². The average molecular weight is 258 g/mol. The Hall–Kier alpha value is -1.92. The van der Waals surface area contributed by atoms with Crippen molar-refractivity contribution in [2.75, 3.05) is 0 Å². The van der Waals surface area contributed by atoms with Crippen molar-refractivity contribution in [2.24, 2.45) is 0 Å². The molecule has 2 heterocycles. The number of nitriles is 1. The van der Waals surface area contributed by atoms with Crippen molar-refractivity contribution in [3.8, 4) is 17.2 Å². The summed E-state index contributed by atoms with van der Waals surface area (Å²) in [6.45, 7) is 4.13. The van der Waals surface area contributed by atoms with E-state index in [2.05, 4.69) is 29.9 Å². The van der Waals surface area contributed by atoms with Gasteiger partial charge in [0.05, 0.1) is 5.56 Å². The van der Waals surface area contributed by atoms with Gasteiger partial charge in [-0.2, -0.15) is 5.26 Å². The molecule has 0 spiro atoms. The Kier molecular flexibility index (Phi) is 3.59. The second-order valence-corrected chi connectivity index (χ2v) is 4.61. The zero-order valence-corrected chi connectivity index (χ0v) is 10.9. The normalized spacial score (nSPS) is 10.4. The summed E-state index contributed by atoms with van der Waals surface area (Å²) in [7, 11) is 0. The van der Waals surface area contributed by atoms with E-state index in [1.807, 2.05) is 12.1 Å². The largest absolute Gasteiger partial charge is 0.265 e. The molecule has 2 rings (SSSR count). The molecule has 2 aromatic heterocycles. The van der Waals surface area contributed by atoms with Gasteiger partial charge < -0.3 is 0 Å². The van der Waals surface area contributed by atoms with Gasteiger partial charge in [-0.25, -0.2) is 4.98 Å². The van der Waals surface area contributed by atoms with Gasteiger partial charge in [0.25, 0.3) is 0 Å². The lowest BCUT2D eigenvalue weighted by atomic mass is 9.92. The first-order chi connectivity index (χ1) is 8.65. The number of aromatic nitrogens is 2. The Morgan fingerprint density at radius 2 is 1.94 bits per heavy atom. The van der Waals surface area contributed by atoms with Crippen molar-refractivity contribution in [2.45, 2.75) is 19.8 Å². The van der Waals surface area contributed by atoms with Crippen molar-refractivity contribution < 1.29 is 0 Å². The molecule has 0 atom stereocenters. The first-order valence-electron chi connectivity index (χ1n) is 5.64. The highest BCUT2D eigenvalue weighted by atomic mass is 35.5. The van der Waals surface area contributed by atoms with Crippen LogP contribution in [0, 0.1) is 11.3 Å². The maximum Gasteiger partial charge on any atom is 0.147 e. The summed E-state index contributed by atoms with van der Waals surface area (Å²) in [5, 5.41) is 9.52. The van der Waals surface area contributed by atoms with Crippen LogP contribution in [0.5, 0.6) is 0 Å². The second kappa shape index (κ2) is 5.16. The third-order valence-corrected chi connectivity index (χ3v) is 3.05. The van der Waals surface area contributed by atoms with E-state index in [-0.39, 0.29) is 11.1 Å². The first-order valence-corrected chi connectivity index (χ1v) is 6.01. The van der Waals surface area contributed by atoms with E-state index in [0.29, 0.717) is 5.56 Å². The molecule has 0 saturated heterocycles. The lowest BCUT2D eigenvalue weighted by Gasteiger charge is -2.14. The predicted octanol–water partition coefficient (Wildman–Crippen LogP) is 3.79. The molecule has 90 valence electrons. The van der Waals surface area contributed by atoms with E-state index < -0.39 is 0 Å². The predicted molar refractivity (Wildman–Crippen MR) is 71.3 cm³/mol. The van der Waals surface area contributed by atoms with Crippen LogP contribution in [0.2, 0.25) is 5.15 Å². The topological polar surface area (TPSA) is 49.6 Å². The van der Waals surface area contributed by atoms with Gasteiger partial charge in [-0.1, -0.05) is 25.4 Å². The van der Waals surface area contributed by atoms with E-state index in [0.717, 1.165) is 16.7 Å². The van der Waals surface area contributed by atoms with Crippen LogP contribution in [0.4, 0.5) is 0 Å². The lowest BCUT2D eigenvalue weighted by molar-refractivity contribution is 0.859. The average Bonchev–Trinajstić information content (AvgIpc) is 2.39. The van der Waals surface area contributed by atoms with E-state index >= 15 is 0 Å². The van der Waals surface area contributed by atoms with Gasteiger partial charge in [0, 0.05) is 24.2 Å². The van der Waals surface area contributed by atoms with Crippen LogP contribution in [0.1, 0.15) is 30.9 Å². The van der Waals surface area contributed by atoms with Crippen molar-refractivity contribution in [1.82, 2.24) is 9.97 Å². The molecule has 0 amide bonds. The van der Waals surface area contributed by atoms with Crippen molar-refractivity contribution in [1.29, 1.82) is 5.26 Å². The molecule has 18 heavy (non-hydrogen) atoms. The fourth-order valence-corrected chi connectivity index (χ4v) is 2.06. The minimum Gasteiger partial charge on any atom is -0.265 e. The molecule has 2 aromatic rings. The van der Waals surface area contributed by atoms with Crippen LogP contribution in [0.25, 0.3) is 11.1 Å². The van der Waals surface area contributed by atoms with Crippen LogP contribution in [-0.2, 0) is 0 Å². The van der Waals surface area contributed by atoms with Crippen molar-refractivity contribution in [3.63, 3.8) is 0 Å². The van der Waals surface area contributed by atoms with Gasteiger partial charge in [-0.05, 0) is 29.2 Å². The molecule has 0 aliphatic rings. The van der Waals surface area contributed by atoms with Gasteiger partial charge in [-0.15, -0.1) is 0 Å². The molecule has 0 N–H and O–H groups in total. The fourth-order valence-electron chi connectivity index (χ4n) is 1.87. The smallest absolute Gasteiger partial charge is 0.147 e. The Bertz CT molecular complexity index is 600. The molecule has 0 radical (unpaired) electrons. The number of nitrogens with zero attached hydrogens (tertiary/aromatic N) is 3. The van der Waals surface area contributed by atoms with Crippen molar-refractivity contribution in [3.05, 3.63) is 47.0 Å². The van der Waals surface area contributed by atoms with Crippen LogP contribution in [0.3, 0.4) is 0 Å². The summed E-state index contributed by atoms with van der Waals surface area (Å²) in [6.07, 6.45) is 5.15. The van der Waals surface area contributed by atoms with Gasteiger partial charge in [-0.3, -0.25) is 4.98 Å². The first kappa shape index (κ1) is 12.5. The summed E-state index contributed by atoms with van der Waals surface area (Å²) >= 11 is 6.01. The molecule has 0 aliphatic carbocycles. The number of hydrogen-bond acceptors (Lipinski definition) is 3. The fraction of sp³-hybridized carbons (Fsp3) is 0.214. The molecule has 0 unspecified atom stereocenters. The highest BCUT2D eigenvalue weighted by Crippen LogP contribution is 2.34.